The summed E-state index contributed by atoms with van der Waals surface area (Å²) in [7, 11) is 0. The number of anilines is 1. The fourth-order valence-electron chi connectivity index (χ4n) is 2.84. The molecule has 7 heteroatoms. The van der Waals surface area contributed by atoms with E-state index in [2.05, 4.69) is 16.8 Å². The third-order valence-electron chi connectivity index (χ3n) is 4.45. The molecule has 2 aromatic carbocycles. The van der Waals surface area contributed by atoms with Gasteiger partial charge < -0.3 is 4.31 Å². The Bertz CT molecular complexity index is 954. The first-order valence-corrected chi connectivity index (χ1v) is 9.85. The van der Waals surface area contributed by atoms with Crippen LogP contribution in [0.1, 0.15) is 30.0 Å². The normalized spacial score (nSPS) is 13.5. The standard InChI is InChI=1S/C21H20F3N3S/c1-13(2)14-5-4-6-17(9-14)27(28-3)12-16-8-7-15(10-18(16)22)19-11-20(21(23)24)26-25-19/h4-10,21H,1,11-12H2,2-3H3. The second kappa shape index (κ2) is 8.65. The first-order valence-electron chi connectivity index (χ1n) is 8.67. The molecule has 0 N–H and O–H groups in total. The second-order valence-electron chi connectivity index (χ2n) is 6.47. The molecule has 0 bridgehead atoms. The van der Waals surface area contributed by atoms with Gasteiger partial charge in [-0.15, -0.1) is 0 Å². The lowest BCUT2D eigenvalue weighted by Crippen LogP contribution is -2.15. The van der Waals surface area contributed by atoms with Crippen molar-refractivity contribution in [2.45, 2.75) is 26.3 Å². The Kier molecular flexibility index (Phi) is 6.24. The van der Waals surface area contributed by atoms with Crippen LogP contribution in [-0.2, 0) is 6.54 Å². The topological polar surface area (TPSA) is 28.0 Å². The van der Waals surface area contributed by atoms with Crippen LogP contribution in [-0.4, -0.2) is 24.1 Å². The summed E-state index contributed by atoms with van der Waals surface area (Å²) in [4.78, 5) is 0. The number of benzene rings is 2. The van der Waals surface area contributed by atoms with E-state index in [0.717, 1.165) is 16.8 Å². The summed E-state index contributed by atoms with van der Waals surface area (Å²) in [6, 6.07) is 12.6. The third kappa shape index (κ3) is 4.47. The molecule has 0 saturated carbocycles. The van der Waals surface area contributed by atoms with E-state index in [-0.39, 0.29) is 12.1 Å². The highest BCUT2D eigenvalue weighted by atomic mass is 32.2. The number of hydrogen-bond donors (Lipinski definition) is 0. The molecule has 0 unspecified atom stereocenters. The van der Waals surface area contributed by atoms with Crippen LogP contribution in [0, 0.1) is 5.82 Å². The van der Waals surface area contributed by atoms with E-state index in [1.165, 1.54) is 18.0 Å². The Hall–Kier alpha value is -2.54. The van der Waals surface area contributed by atoms with E-state index in [0.29, 0.717) is 23.4 Å². The van der Waals surface area contributed by atoms with E-state index in [1.807, 2.05) is 41.8 Å². The molecule has 0 amide bonds. The summed E-state index contributed by atoms with van der Waals surface area (Å²) in [6.45, 7) is 6.26. The molecule has 3 rings (SSSR count). The maximum atomic E-state index is 14.7. The van der Waals surface area contributed by atoms with Crippen molar-refractivity contribution in [1.29, 1.82) is 0 Å². The summed E-state index contributed by atoms with van der Waals surface area (Å²) in [5, 5.41) is 7.25. The van der Waals surface area contributed by atoms with Crippen LogP contribution in [0.15, 0.2) is 59.2 Å². The first-order chi connectivity index (χ1) is 13.4. The lowest BCUT2D eigenvalue weighted by Gasteiger charge is -2.23. The first kappa shape index (κ1) is 20.2. The molecule has 2 aromatic rings. The van der Waals surface area contributed by atoms with Crippen molar-refractivity contribution < 1.29 is 13.2 Å². The lowest BCUT2D eigenvalue weighted by molar-refractivity contribution is 0.224. The zero-order valence-corrected chi connectivity index (χ0v) is 16.4. The van der Waals surface area contributed by atoms with Crippen molar-refractivity contribution in [3.63, 3.8) is 0 Å². The minimum atomic E-state index is -2.64. The molecule has 146 valence electrons. The predicted molar refractivity (Wildman–Crippen MR) is 112 cm³/mol. The van der Waals surface area contributed by atoms with E-state index < -0.39 is 12.2 Å². The summed E-state index contributed by atoms with van der Waals surface area (Å²) >= 11 is 1.49. The Morgan fingerprint density at radius 3 is 2.61 bits per heavy atom. The summed E-state index contributed by atoms with van der Waals surface area (Å²) in [5.74, 6) is -0.402. The number of rotatable bonds is 7. The van der Waals surface area contributed by atoms with Gasteiger partial charge in [0.1, 0.15) is 11.5 Å². The molecule has 0 spiro atoms. The van der Waals surface area contributed by atoms with Crippen LogP contribution in [0.4, 0.5) is 18.9 Å². The Balaban J connectivity index is 1.77. The molecule has 0 radical (unpaired) electrons. The van der Waals surface area contributed by atoms with Gasteiger partial charge in [-0.05, 0) is 30.7 Å². The van der Waals surface area contributed by atoms with E-state index >= 15 is 0 Å². The van der Waals surface area contributed by atoms with Gasteiger partial charge >= 0.3 is 0 Å². The number of alkyl halides is 2. The number of halogens is 3. The molecule has 28 heavy (non-hydrogen) atoms. The van der Waals surface area contributed by atoms with Gasteiger partial charge in [0.15, 0.2) is 0 Å². The van der Waals surface area contributed by atoms with Gasteiger partial charge in [0.25, 0.3) is 6.43 Å². The van der Waals surface area contributed by atoms with Crippen LogP contribution in [0.3, 0.4) is 0 Å². The maximum Gasteiger partial charge on any atom is 0.278 e. The van der Waals surface area contributed by atoms with E-state index in [4.69, 9.17) is 0 Å². The van der Waals surface area contributed by atoms with Gasteiger partial charge in [-0.1, -0.05) is 48.4 Å². The zero-order chi connectivity index (χ0) is 20.3. The van der Waals surface area contributed by atoms with Crippen LogP contribution in [0.2, 0.25) is 0 Å². The zero-order valence-electron chi connectivity index (χ0n) is 15.6. The maximum absolute atomic E-state index is 14.7. The minimum Gasteiger partial charge on any atom is -0.312 e. The van der Waals surface area contributed by atoms with Gasteiger partial charge in [0.05, 0.1) is 12.3 Å². The molecule has 1 aliphatic rings. The van der Waals surface area contributed by atoms with Crippen LogP contribution in [0.25, 0.3) is 5.57 Å². The van der Waals surface area contributed by atoms with Gasteiger partial charge in [0.2, 0.25) is 0 Å². The number of hydrogen-bond acceptors (Lipinski definition) is 4. The molecular weight excluding hydrogens is 383 g/mol. The van der Waals surface area contributed by atoms with Gasteiger partial charge in [-0.25, -0.2) is 13.2 Å². The Morgan fingerprint density at radius 1 is 1.21 bits per heavy atom. The van der Waals surface area contributed by atoms with E-state index in [9.17, 15) is 13.2 Å². The average Bonchev–Trinajstić information content (AvgIpc) is 3.17. The molecule has 1 aliphatic heterocycles. The Morgan fingerprint density at radius 2 is 2.00 bits per heavy atom. The molecule has 0 aliphatic carbocycles. The monoisotopic (exact) mass is 403 g/mol. The summed E-state index contributed by atoms with van der Waals surface area (Å²) in [5.41, 5.74) is 3.99. The highest BCUT2D eigenvalue weighted by Crippen LogP contribution is 2.28. The molecule has 0 fully saturated rings. The van der Waals surface area contributed by atoms with Gasteiger partial charge in [-0.3, -0.25) is 0 Å². The van der Waals surface area contributed by atoms with Crippen LogP contribution in [0.5, 0.6) is 0 Å². The predicted octanol–water partition coefficient (Wildman–Crippen LogP) is 5.96. The van der Waals surface area contributed by atoms with E-state index in [1.54, 1.807) is 12.1 Å². The van der Waals surface area contributed by atoms with Crippen LogP contribution < -0.4 is 4.31 Å². The van der Waals surface area contributed by atoms with Gasteiger partial charge in [0, 0.05) is 29.5 Å². The summed E-state index contributed by atoms with van der Waals surface area (Å²) < 4.78 is 42.1. The van der Waals surface area contributed by atoms with Crippen molar-refractivity contribution in [2.24, 2.45) is 10.2 Å². The highest BCUT2D eigenvalue weighted by molar-refractivity contribution is 7.99. The average molecular weight is 403 g/mol. The minimum absolute atomic E-state index is 0.0545. The van der Waals surface area contributed by atoms with Crippen molar-refractivity contribution >= 4 is 34.6 Å². The molecule has 0 atom stereocenters. The fourth-order valence-corrected chi connectivity index (χ4v) is 3.44. The summed E-state index contributed by atoms with van der Waals surface area (Å²) in [6.07, 6.45) is -0.771. The highest BCUT2D eigenvalue weighted by Gasteiger charge is 2.22. The lowest BCUT2D eigenvalue weighted by atomic mass is 10.0. The quantitative estimate of drug-likeness (QED) is 0.534. The van der Waals surface area contributed by atoms with Crippen molar-refractivity contribution in [3.8, 4) is 0 Å². The second-order valence-corrected chi connectivity index (χ2v) is 7.28. The molecule has 1 heterocycles. The smallest absolute Gasteiger partial charge is 0.278 e. The molecule has 0 saturated heterocycles. The van der Waals surface area contributed by atoms with Crippen molar-refractivity contribution in [2.75, 3.05) is 10.6 Å². The Labute approximate surface area is 166 Å². The van der Waals surface area contributed by atoms with Crippen LogP contribution >= 0.6 is 11.9 Å². The SMILES string of the molecule is C=C(C)c1cccc(N(Cc2ccc(C3=NN=C(C(F)F)C3)cc2F)SC)c1. The molecule has 0 aromatic heterocycles. The van der Waals surface area contributed by atoms with Crippen molar-refractivity contribution in [1.82, 2.24) is 0 Å². The number of allylic oxidation sites excluding steroid dienone is 1. The van der Waals surface area contributed by atoms with Gasteiger partial charge in [-0.2, -0.15) is 10.2 Å². The fraction of sp³-hybridized carbons (Fsp3) is 0.238. The number of nitrogens with zero attached hydrogens (tertiary/aromatic N) is 3. The largest absolute Gasteiger partial charge is 0.312 e. The molecular formula is C21H20F3N3S. The molecule has 3 nitrogen and oxygen atoms in total. The van der Waals surface area contributed by atoms with Crippen molar-refractivity contribution in [3.05, 3.63) is 71.6 Å². The third-order valence-corrected chi connectivity index (χ3v) is 5.23.